The number of hydrogen-bond acceptors (Lipinski definition) is 6. The van der Waals surface area contributed by atoms with Gasteiger partial charge in [-0.3, -0.25) is 14.4 Å². The van der Waals surface area contributed by atoms with Crippen molar-refractivity contribution < 1.29 is 28.6 Å². The van der Waals surface area contributed by atoms with E-state index in [1.165, 1.54) is 83.5 Å². The first kappa shape index (κ1) is 67.8. The maximum atomic E-state index is 12.9. The summed E-state index contributed by atoms with van der Waals surface area (Å²) in [5.41, 5.74) is 0. The van der Waals surface area contributed by atoms with E-state index in [1.807, 2.05) is 0 Å². The molecule has 0 heterocycles. The van der Waals surface area contributed by atoms with Gasteiger partial charge in [-0.2, -0.15) is 0 Å². The molecule has 0 rings (SSSR count). The minimum Gasteiger partial charge on any atom is -0.462 e. The van der Waals surface area contributed by atoms with E-state index in [-0.39, 0.29) is 31.1 Å². The summed E-state index contributed by atoms with van der Waals surface area (Å²) < 4.78 is 16.8. The molecule has 0 aliphatic carbocycles. The molecule has 6 heteroatoms. The summed E-state index contributed by atoms with van der Waals surface area (Å²) in [5, 5.41) is 0. The van der Waals surface area contributed by atoms with Gasteiger partial charge in [0.2, 0.25) is 0 Å². The van der Waals surface area contributed by atoms with Gasteiger partial charge in [0.1, 0.15) is 13.2 Å². The van der Waals surface area contributed by atoms with Crippen molar-refractivity contribution >= 4 is 17.9 Å². The summed E-state index contributed by atoms with van der Waals surface area (Å²) in [6.07, 6.45) is 81.8. The first-order valence-corrected chi connectivity index (χ1v) is 29.5. The molecular formula is C66H108O6. The molecule has 0 aromatic carbocycles. The second-order valence-electron chi connectivity index (χ2n) is 19.2. The lowest BCUT2D eigenvalue weighted by Gasteiger charge is -2.18. The van der Waals surface area contributed by atoms with Gasteiger partial charge in [0.15, 0.2) is 6.10 Å². The average molecular weight is 998 g/mol. The zero-order valence-electron chi connectivity index (χ0n) is 46.7. The smallest absolute Gasteiger partial charge is 0.306 e. The van der Waals surface area contributed by atoms with Gasteiger partial charge in [0.25, 0.3) is 0 Å². The molecule has 0 saturated heterocycles. The SMILES string of the molecule is CC/C=C\C/C=C\C/C=C\C/C=C\C/C=C\C/C=C\CCCCC(=O)OCC(COC(=O)CCCCCCC/C=C\C/C=C\CCCCC)OC(=O)CCCCCCCCC/C=C\C/C=C\CCCCCC. The third kappa shape index (κ3) is 56.7. The highest BCUT2D eigenvalue weighted by atomic mass is 16.6. The van der Waals surface area contributed by atoms with Crippen LogP contribution in [-0.4, -0.2) is 37.2 Å². The highest BCUT2D eigenvalue weighted by Crippen LogP contribution is 2.14. The van der Waals surface area contributed by atoms with Crippen molar-refractivity contribution in [1.82, 2.24) is 0 Å². The Morgan fingerprint density at radius 1 is 0.292 bits per heavy atom. The van der Waals surface area contributed by atoms with Gasteiger partial charge in [0.05, 0.1) is 0 Å². The molecule has 0 aliphatic heterocycles. The van der Waals surface area contributed by atoms with Crippen LogP contribution >= 0.6 is 0 Å². The Morgan fingerprint density at radius 3 is 0.903 bits per heavy atom. The predicted octanol–water partition coefficient (Wildman–Crippen LogP) is 20.0. The normalized spacial score (nSPS) is 13.0. The highest BCUT2D eigenvalue weighted by molar-refractivity contribution is 5.71. The Labute approximate surface area is 443 Å². The molecule has 0 N–H and O–H groups in total. The molecular weight excluding hydrogens is 889 g/mol. The van der Waals surface area contributed by atoms with Crippen molar-refractivity contribution in [2.75, 3.05) is 13.2 Å². The number of unbranched alkanes of at least 4 members (excludes halogenated alkanes) is 21. The van der Waals surface area contributed by atoms with Crippen molar-refractivity contribution in [3.63, 3.8) is 0 Å². The second-order valence-corrected chi connectivity index (χ2v) is 19.2. The Hall–Kier alpha value is -4.19. The van der Waals surface area contributed by atoms with Crippen LogP contribution < -0.4 is 0 Å². The van der Waals surface area contributed by atoms with E-state index < -0.39 is 6.10 Å². The summed E-state index contributed by atoms with van der Waals surface area (Å²) in [6.45, 7) is 6.43. The Bertz CT molecular complexity index is 1520. The zero-order chi connectivity index (χ0) is 52.2. The molecule has 6 nitrogen and oxygen atoms in total. The van der Waals surface area contributed by atoms with Crippen LogP contribution in [0.3, 0.4) is 0 Å². The van der Waals surface area contributed by atoms with E-state index in [2.05, 4.69) is 142 Å². The van der Waals surface area contributed by atoms with Crippen LogP contribution in [0.1, 0.15) is 258 Å². The number of carbonyl (C=O) groups excluding carboxylic acids is 3. The van der Waals surface area contributed by atoms with Crippen molar-refractivity contribution in [2.24, 2.45) is 0 Å². The zero-order valence-corrected chi connectivity index (χ0v) is 46.7. The molecule has 408 valence electrons. The topological polar surface area (TPSA) is 78.9 Å². The first-order valence-electron chi connectivity index (χ1n) is 29.5. The lowest BCUT2D eigenvalue weighted by Crippen LogP contribution is -2.30. The maximum absolute atomic E-state index is 12.9. The molecule has 1 atom stereocenters. The van der Waals surface area contributed by atoms with Gasteiger partial charge < -0.3 is 14.2 Å². The minimum absolute atomic E-state index is 0.105. The van der Waals surface area contributed by atoms with E-state index >= 15 is 0 Å². The number of rotatable bonds is 52. The largest absolute Gasteiger partial charge is 0.462 e. The van der Waals surface area contributed by atoms with Crippen LogP contribution in [0.4, 0.5) is 0 Å². The Kier molecular flexibility index (Phi) is 55.9. The van der Waals surface area contributed by atoms with Crippen LogP contribution in [0.25, 0.3) is 0 Å². The molecule has 0 aliphatic rings. The molecule has 0 fully saturated rings. The van der Waals surface area contributed by atoms with Crippen LogP contribution in [0.15, 0.2) is 122 Å². The third-order valence-corrected chi connectivity index (χ3v) is 12.2. The molecule has 0 spiro atoms. The van der Waals surface area contributed by atoms with Gasteiger partial charge in [-0.25, -0.2) is 0 Å². The number of allylic oxidation sites excluding steroid dienone is 20. The van der Waals surface area contributed by atoms with Gasteiger partial charge >= 0.3 is 17.9 Å². The first-order chi connectivity index (χ1) is 35.5. The van der Waals surface area contributed by atoms with Crippen molar-refractivity contribution in [3.8, 4) is 0 Å². The molecule has 0 bridgehead atoms. The van der Waals surface area contributed by atoms with Crippen LogP contribution in [0, 0.1) is 0 Å². The van der Waals surface area contributed by atoms with Gasteiger partial charge in [-0.15, -0.1) is 0 Å². The third-order valence-electron chi connectivity index (χ3n) is 12.2. The predicted molar refractivity (Wildman–Crippen MR) is 311 cm³/mol. The van der Waals surface area contributed by atoms with E-state index in [0.717, 1.165) is 128 Å². The number of hydrogen-bond donors (Lipinski definition) is 0. The monoisotopic (exact) mass is 997 g/mol. The van der Waals surface area contributed by atoms with E-state index in [4.69, 9.17) is 14.2 Å². The van der Waals surface area contributed by atoms with Crippen molar-refractivity contribution in [3.05, 3.63) is 122 Å². The molecule has 0 radical (unpaired) electrons. The lowest BCUT2D eigenvalue weighted by molar-refractivity contribution is -0.167. The van der Waals surface area contributed by atoms with Crippen molar-refractivity contribution in [1.29, 1.82) is 0 Å². The summed E-state index contributed by atoms with van der Waals surface area (Å²) >= 11 is 0. The van der Waals surface area contributed by atoms with E-state index in [1.54, 1.807) is 0 Å². The van der Waals surface area contributed by atoms with Gasteiger partial charge in [-0.1, -0.05) is 226 Å². The highest BCUT2D eigenvalue weighted by Gasteiger charge is 2.19. The van der Waals surface area contributed by atoms with Crippen LogP contribution in [0.2, 0.25) is 0 Å². The van der Waals surface area contributed by atoms with Gasteiger partial charge in [0, 0.05) is 19.3 Å². The second kappa shape index (κ2) is 59.4. The summed E-state index contributed by atoms with van der Waals surface area (Å²) in [7, 11) is 0. The fourth-order valence-electron chi connectivity index (χ4n) is 7.74. The molecule has 0 saturated carbocycles. The van der Waals surface area contributed by atoms with Gasteiger partial charge in [-0.05, 0) is 135 Å². The average Bonchev–Trinajstić information content (AvgIpc) is 3.38. The number of carbonyl (C=O) groups is 3. The van der Waals surface area contributed by atoms with E-state index in [0.29, 0.717) is 25.7 Å². The standard InChI is InChI=1S/C66H108O6/c1-4-7-10-13-16-19-22-25-28-30-32-33-34-36-38-41-44-47-50-53-56-59-65(68)71-62-63(61-70-64(67)58-55-52-49-46-43-40-37-27-24-21-18-15-12-9-6-3)72-66(69)60-57-54-51-48-45-42-39-35-31-29-26-23-20-17-14-11-8-5-2/h7,10,16,18-21,23,25,27-29,31-33,36-38,44,47,63H,4-6,8-9,11-15,17,22,24,26,30,34-35,39-43,45-46,48-62H2,1-3H3/b10-7-,19-16-,21-18-,23-20-,28-25-,31-29-,33-32-,37-27-,38-36-,47-44-. The Balaban J connectivity index is 4.51. The number of ether oxygens (including phenoxy) is 3. The summed E-state index contributed by atoms with van der Waals surface area (Å²) in [4.78, 5) is 38.2. The molecule has 1 unspecified atom stereocenters. The van der Waals surface area contributed by atoms with E-state index in [9.17, 15) is 14.4 Å². The number of esters is 3. The molecule has 0 amide bonds. The van der Waals surface area contributed by atoms with Crippen LogP contribution in [0.5, 0.6) is 0 Å². The molecule has 0 aromatic rings. The fourth-order valence-corrected chi connectivity index (χ4v) is 7.74. The maximum Gasteiger partial charge on any atom is 0.306 e. The summed E-state index contributed by atoms with van der Waals surface area (Å²) in [5.74, 6) is -0.971. The fraction of sp³-hybridized carbons (Fsp3) is 0.652. The Morgan fingerprint density at radius 2 is 0.542 bits per heavy atom. The lowest BCUT2D eigenvalue weighted by atomic mass is 10.1. The van der Waals surface area contributed by atoms with Crippen molar-refractivity contribution in [2.45, 2.75) is 264 Å². The quantitative estimate of drug-likeness (QED) is 0.0261. The summed E-state index contributed by atoms with van der Waals surface area (Å²) in [6, 6.07) is 0. The minimum atomic E-state index is -0.811. The molecule has 0 aromatic heterocycles. The van der Waals surface area contributed by atoms with Crippen LogP contribution in [-0.2, 0) is 28.6 Å². The molecule has 72 heavy (non-hydrogen) atoms.